The number of amides is 3. The molecular formula is C23H21Cl2N3O5. The number of fused-ring (bicyclic) bond motifs is 1. The van der Waals surface area contributed by atoms with Crippen molar-refractivity contribution in [1.82, 2.24) is 9.80 Å². The molecule has 5 rings (SSSR count). The summed E-state index contributed by atoms with van der Waals surface area (Å²) in [7, 11) is 0. The highest BCUT2D eigenvalue weighted by Gasteiger charge is 2.44. The largest absolute Gasteiger partial charge is 0.485 e. The van der Waals surface area contributed by atoms with E-state index in [0.717, 1.165) is 4.90 Å². The first-order chi connectivity index (χ1) is 15.9. The third-order valence-electron chi connectivity index (χ3n) is 6.08. The van der Waals surface area contributed by atoms with Crippen molar-refractivity contribution >= 4 is 46.6 Å². The van der Waals surface area contributed by atoms with Crippen molar-refractivity contribution in [2.24, 2.45) is 0 Å². The van der Waals surface area contributed by atoms with Crippen molar-refractivity contribution in [3.05, 3.63) is 52.5 Å². The minimum absolute atomic E-state index is 0.0767. The molecule has 0 bridgehead atoms. The minimum Gasteiger partial charge on any atom is -0.485 e. The second-order valence-corrected chi connectivity index (χ2v) is 9.01. The average Bonchev–Trinajstić information content (AvgIpc) is 3.11. The molecule has 0 aliphatic carbocycles. The molecule has 0 saturated carbocycles. The average molecular weight is 490 g/mol. The van der Waals surface area contributed by atoms with Crippen LogP contribution in [0, 0.1) is 0 Å². The molecule has 3 aliphatic heterocycles. The quantitative estimate of drug-likeness (QED) is 0.616. The normalized spacial score (nSPS) is 23.2. The third-order valence-corrected chi connectivity index (χ3v) is 6.52. The summed E-state index contributed by atoms with van der Waals surface area (Å²) in [4.78, 5) is 43.5. The van der Waals surface area contributed by atoms with Gasteiger partial charge in [-0.1, -0.05) is 35.3 Å². The topological polar surface area (TPSA) is 79.4 Å². The van der Waals surface area contributed by atoms with Crippen LogP contribution in [0.1, 0.15) is 6.42 Å². The zero-order valence-corrected chi connectivity index (χ0v) is 19.1. The van der Waals surface area contributed by atoms with Gasteiger partial charge in [-0.15, -0.1) is 0 Å². The number of carbonyl (C=O) groups excluding carboxylic acids is 3. The van der Waals surface area contributed by atoms with E-state index in [-0.39, 0.29) is 30.7 Å². The Morgan fingerprint density at radius 2 is 1.61 bits per heavy atom. The van der Waals surface area contributed by atoms with Crippen LogP contribution in [0.25, 0.3) is 0 Å². The number of nitrogens with zero attached hydrogens (tertiary/aromatic N) is 3. The van der Waals surface area contributed by atoms with Crippen LogP contribution in [0.4, 0.5) is 5.69 Å². The summed E-state index contributed by atoms with van der Waals surface area (Å²) in [5.41, 5.74) is 0.369. The second kappa shape index (κ2) is 8.85. The van der Waals surface area contributed by atoms with Crippen molar-refractivity contribution in [1.29, 1.82) is 0 Å². The molecule has 0 radical (unpaired) electrons. The number of piperazine rings is 1. The van der Waals surface area contributed by atoms with Crippen LogP contribution in [0.5, 0.6) is 11.5 Å². The molecule has 2 atom stereocenters. The lowest BCUT2D eigenvalue weighted by Crippen LogP contribution is -2.57. The maximum Gasteiger partial charge on any atom is 0.267 e. The fourth-order valence-electron chi connectivity index (χ4n) is 4.44. The number of anilines is 1. The van der Waals surface area contributed by atoms with Crippen molar-refractivity contribution in [3.8, 4) is 11.5 Å². The van der Waals surface area contributed by atoms with Gasteiger partial charge in [0, 0.05) is 36.2 Å². The van der Waals surface area contributed by atoms with E-state index in [0.29, 0.717) is 53.4 Å². The van der Waals surface area contributed by atoms with Crippen LogP contribution in [0.3, 0.4) is 0 Å². The fourth-order valence-corrected chi connectivity index (χ4v) is 4.95. The minimum atomic E-state index is -0.704. The van der Waals surface area contributed by atoms with E-state index in [1.807, 2.05) is 17.0 Å². The molecule has 3 amide bonds. The second-order valence-electron chi connectivity index (χ2n) is 8.14. The number of ether oxygens (including phenoxy) is 2. The molecule has 2 aromatic carbocycles. The molecule has 0 N–H and O–H groups in total. The maximum atomic E-state index is 13.1. The predicted molar refractivity (Wildman–Crippen MR) is 122 cm³/mol. The number of hydrogen-bond donors (Lipinski definition) is 0. The lowest BCUT2D eigenvalue weighted by atomic mass is 10.1. The lowest BCUT2D eigenvalue weighted by molar-refractivity contribution is -0.143. The Morgan fingerprint density at radius 1 is 0.939 bits per heavy atom. The zero-order chi connectivity index (χ0) is 23.1. The number of halogens is 2. The SMILES string of the molecule is O=C([C@H]1COc2ccccc2O1)N1CCN([C@H]2CC(=O)N(c3cc(Cl)cc(Cl)c3)C2=O)CC1. The molecule has 8 nitrogen and oxygen atoms in total. The van der Waals surface area contributed by atoms with Crippen molar-refractivity contribution in [2.45, 2.75) is 18.6 Å². The molecule has 2 saturated heterocycles. The van der Waals surface area contributed by atoms with Gasteiger partial charge in [-0.25, -0.2) is 4.90 Å². The summed E-state index contributed by atoms with van der Waals surface area (Å²) < 4.78 is 11.5. The smallest absolute Gasteiger partial charge is 0.267 e. The van der Waals surface area contributed by atoms with Gasteiger partial charge in [-0.3, -0.25) is 19.3 Å². The monoisotopic (exact) mass is 489 g/mol. The van der Waals surface area contributed by atoms with Crippen LogP contribution in [0.15, 0.2) is 42.5 Å². The van der Waals surface area contributed by atoms with E-state index >= 15 is 0 Å². The molecule has 10 heteroatoms. The van der Waals surface area contributed by atoms with E-state index < -0.39 is 12.1 Å². The van der Waals surface area contributed by atoms with E-state index in [1.54, 1.807) is 35.2 Å². The molecule has 2 fully saturated rings. The number of hydrogen-bond acceptors (Lipinski definition) is 6. The predicted octanol–water partition coefficient (Wildman–Crippen LogP) is 2.61. The summed E-state index contributed by atoms with van der Waals surface area (Å²) in [6.07, 6.45) is -0.628. The van der Waals surface area contributed by atoms with Crippen molar-refractivity contribution < 1.29 is 23.9 Å². The molecule has 0 spiro atoms. The molecule has 0 unspecified atom stereocenters. The summed E-state index contributed by atoms with van der Waals surface area (Å²) in [6.45, 7) is 1.97. The van der Waals surface area contributed by atoms with Crippen LogP contribution in [-0.4, -0.2) is 72.5 Å². The fraction of sp³-hybridized carbons (Fsp3) is 0.348. The zero-order valence-electron chi connectivity index (χ0n) is 17.6. The Kier molecular flexibility index (Phi) is 5.90. The highest BCUT2D eigenvalue weighted by Crippen LogP contribution is 2.32. The van der Waals surface area contributed by atoms with Gasteiger partial charge >= 0.3 is 0 Å². The van der Waals surface area contributed by atoms with Crippen LogP contribution in [0.2, 0.25) is 10.0 Å². The standard InChI is InChI=1S/C23H21Cl2N3O5/c24-14-9-15(25)11-16(10-14)28-21(29)12-17(22(28)30)26-5-7-27(8-6-26)23(31)20-13-32-18-3-1-2-4-19(18)33-20/h1-4,9-11,17,20H,5-8,12-13H2/t17-,20+/m0/s1. The number of benzene rings is 2. The number of imide groups is 1. The first-order valence-electron chi connectivity index (χ1n) is 10.6. The van der Waals surface area contributed by atoms with Gasteiger partial charge in [0.25, 0.3) is 11.8 Å². The number of carbonyl (C=O) groups is 3. The van der Waals surface area contributed by atoms with Crippen molar-refractivity contribution in [2.75, 3.05) is 37.7 Å². The van der Waals surface area contributed by atoms with Crippen LogP contribution < -0.4 is 14.4 Å². The van der Waals surface area contributed by atoms with Gasteiger partial charge < -0.3 is 14.4 Å². The summed E-state index contributed by atoms with van der Waals surface area (Å²) in [6, 6.07) is 11.3. The van der Waals surface area contributed by atoms with Crippen LogP contribution in [-0.2, 0) is 14.4 Å². The Bertz CT molecular complexity index is 1100. The molecule has 3 heterocycles. The van der Waals surface area contributed by atoms with E-state index in [4.69, 9.17) is 32.7 Å². The van der Waals surface area contributed by atoms with E-state index in [9.17, 15) is 14.4 Å². The third kappa shape index (κ3) is 4.26. The van der Waals surface area contributed by atoms with E-state index in [2.05, 4.69) is 0 Å². The van der Waals surface area contributed by atoms with Gasteiger partial charge in [0.15, 0.2) is 11.5 Å². The van der Waals surface area contributed by atoms with Gasteiger partial charge in [-0.2, -0.15) is 0 Å². The molecule has 2 aromatic rings. The van der Waals surface area contributed by atoms with Crippen LogP contribution >= 0.6 is 23.2 Å². The molecule has 33 heavy (non-hydrogen) atoms. The highest BCUT2D eigenvalue weighted by molar-refractivity contribution is 6.35. The number of para-hydroxylation sites is 2. The summed E-state index contributed by atoms with van der Waals surface area (Å²) in [5.74, 6) is 0.429. The first kappa shape index (κ1) is 22.0. The summed E-state index contributed by atoms with van der Waals surface area (Å²) >= 11 is 12.1. The Balaban J connectivity index is 1.21. The Hall–Kier alpha value is -2.81. The molecule has 3 aliphatic rings. The van der Waals surface area contributed by atoms with E-state index in [1.165, 1.54) is 0 Å². The highest BCUT2D eigenvalue weighted by atomic mass is 35.5. The molecule has 172 valence electrons. The van der Waals surface area contributed by atoms with Gasteiger partial charge in [0.2, 0.25) is 12.0 Å². The Labute approximate surface area is 200 Å². The number of rotatable bonds is 3. The van der Waals surface area contributed by atoms with Gasteiger partial charge in [-0.05, 0) is 30.3 Å². The van der Waals surface area contributed by atoms with Gasteiger partial charge in [0.05, 0.1) is 18.2 Å². The van der Waals surface area contributed by atoms with Gasteiger partial charge in [0.1, 0.15) is 6.61 Å². The first-order valence-corrected chi connectivity index (χ1v) is 11.4. The Morgan fingerprint density at radius 3 is 2.30 bits per heavy atom. The van der Waals surface area contributed by atoms with Crippen molar-refractivity contribution in [3.63, 3.8) is 0 Å². The maximum absolute atomic E-state index is 13.1. The molecular weight excluding hydrogens is 469 g/mol. The molecule has 0 aromatic heterocycles. The lowest BCUT2D eigenvalue weighted by Gasteiger charge is -2.38. The summed E-state index contributed by atoms with van der Waals surface area (Å²) in [5, 5.41) is 0.704.